The van der Waals surface area contributed by atoms with Gasteiger partial charge in [-0.25, -0.2) is 9.59 Å². The molecular formula is C23H28N2O5. The lowest BCUT2D eigenvalue weighted by Crippen LogP contribution is -2.55. The van der Waals surface area contributed by atoms with Gasteiger partial charge in [-0.15, -0.1) is 0 Å². The predicted molar refractivity (Wildman–Crippen MR) is 114 cm³/mol. The first-order valence-electron chi connectivity index (χ1n) is 10.1. The molecule has 0 aromatic heterocycles. The molecule has 160 valence electrons. The first kappa shape index (κ1) is 21.6. The van der Waals surface area contributed by atoms with E-state index in [1.165, 1.54) is 7.11 Å². The molecule has 7 heteroatoms. The summed E-state index contributed by atoms with van der Waals surface area (Å²) in [4.78, 5) is 26.3. The number of methoxy groups -OCH3 is 1. The minimum atomic E-state index is -0.449. The Labute approximate surface area is 176 Å². The van der Waals surface area contributed by atoms with Crippen molar-refractivity contribution >= 4 is 17.7 Å². The second-order valence-electron chi connectivity index (χ2n) is 7.08. The Balaban J connectivity index is 1.59. The summed E-state index contributed by atoms with van der Waals surface area (Å²) in [7, 11) is 1.37. The lowest BCUT2D eigenvalue weighted by molar-refractivity contribution is 0.0261. The number of ether oxygens (including phenoxy) is 3. The highest BCUT2D eigenvalue weighted by Gasteiger charge is 2.31. The van der Waals surface area contributed by atoms with E-state index in [4.69, 9.17) is 14.2 Å². The van der Waals surface area contributed by atoms with Crippen LogP contribution >= 0.6 is 0 Å². The summed E-state index contributed by atoms with van der Waals surface area (Å²) in [6.45, 7) is 4.02. The maximum Gasteiger partial charge on any atom is 0.407 e. The fourth-order valence-electron chi connectivity index (χ4n) is 3.56. The lowest BCUT2D eigenvalue weighted by Gasteiger charge is -2.39. The van der Waals surface area contributed by atoms with E-state index in [1.807, 2.05) is 55.5 Å². The molecule has 0 radical (unpaired) electrons. The zero-order valence-electron chi connectivity index (χ0n) is 17.4. The maximum absolute atomic E-state index is 12.3. The summed E-state index contributed by atoms with van der Waals surface area (Å²) >= 11 is 0. The maximum atomic E-state index is 12.3. The van der Waals surface area contributed by atoms with E-state index >= 15 is 0 Å². The third kappa shape index (κ3) is 5.73. The van der Waals surface area contributed by atoms with E-state index in [9.17, 15) is 9.59 Å². The Hall–Kier alpha value is -3.06. The molecule has 0 unspecified atom stereocenters. The minimum absolute atomic E-state index is 0.145. The number of esters is 1. The van der Waals surface area contributed by atoms with Crippen molar-refractivity contribution in [2.75, 3.05) is 31.7 Å². The molecule has 1 N–H and O–H groups in total. The van der Waals surface area contributed by atoms with Crippen molar-refractivity contribution in [3.05, 3.63) is 65.7 Å². The van der Waals surface area contributed by atoms with Gasteiger partial charge in [-0.3, -0.25) is 0 Å². The summed E-state index contributed by atoms with van der Waals surface area (Å²) in [6.07, 6.45) is 0.0672. The zero-order valence-corrected chi connectivity index (χ0v) is 17.4. The highest BCUT2D eigenvalue weighted by atomic mass is 16.5. The van der Waals surface area contributed by atoms with Crippen LogP contribution in [0.1, 0.15) is 29.3 Å². The topological polar surface area (TPSA) is 77.1 Å². The van der Waals surface area contributed by atoms with Crippen LogP contribution in [0, 0.1) is 0 Å². The fraction of sp³-hybridized carbons (Fsp3) is 0.391. The highest BCUT2D eigenvalue weighted by molar-refractivity contribution is 5.90. The molecule has 30 heavy (non-hydrogen) atoms. The van der Waals surface area contributed by atoms with E-state index in [0.717, 1.165) is 17.8 Å². The van der Waals surface area contributed by atoms with Gasteiger partial charge < -0.3 is 24.4 Å². The van der Waals surface area contributed by atoms with Gasteiger partial charge in [-0.1, -0.05) is 36.4 Å². The number of anilines is 1. The summed E-state index contributed by atoms with van der Waals surface area (Å²) in [5, 5.41) is 2.95. The van der Waals surface area contributed by atoms with Gasteiger partial charge in [0.2, 0.25) is 0 Å². The zero-order chi connectivity index (χ0) is 21.3. The molecule has 3 rings (SSSR count). The van der Waals surface area contributed by atoms with E-state index in [0.29, 0.717) is 25.1 Å². The molecule has 2 aromatic carbocycles. The number of carbonyl (C=O) groups is 2. The Bertz CT molecular complexity index is 842. The van der Waals surface area contributed by atoms with Crippen LogP contribution in [0.3, 0.4) is 0 Å². The summed E-state index contributed by atoms with van der Waals surface area (Å²) in [5.74, 6) is -0.365. The highest BCUT2D eigenvalue weighted by Crippen LogP contribution is 2.23. The van der Waals surface area contributed by atoms with Gasteiger partial charge in [0.05, 0.1) is 24.8 Å². The van der Waals surface area contributed by atoms with Crippen molar-refractivity contribution in [3.8, 4) is 0 Å². The van der Waals surface area contributed by atoms with Crippen LogP contribution in [-0.2, 0) is 20.8 Å². The number of carbonyl (C=O) groups excluding carboxylic acids is 2. The molecule has 1 amide bonds. The van der Waals surface area contributed by atoms with Crippen LogP contribution in [0.4, 0.5) is 10.5 Å². The van der Waals surface area contributed by atoms with Crippen LogP contribution in [-0.4, -0.2) is 51.0 Å². The van der Waals surface area contributed by atoms with Gasteiger partial charge in [0.25, 0.3) is 0 Å². The standard InChI is InChI=1S/C23H28N2O5/c1-3-29-21-15-25(19-11-7-10-18(14-19)22(26)28-2)13-12-20(21)24-23(27)30-16-17-8-5-4-6-9-17/h4-11,14,20-21H,3,12-13,15-16H2,1-2H3,(H,24,27)/t20-,21+/m0/s1. The molecule has 0 saturated carbocycles. The van der Waals surface area contributed by atoms with Gasteiger partial charge in [-0.2, -0.15) is 0 Å². The number of piperidine rings is 1. The second kappa shape index (κ2) is 10.6. The van der Waals surface area contributed by atoms with Crippen molar-refractivity contribution in [2.45, 2.75) is 32.1 Å². The molecule has 1 fully saturated rings. The molecule has 1 aliphatic rings. The molecule has 1 aliphatic heterocycles. The Morgan fingerprint density at radius 3 is 2.67 bits per heavy atom. The van der Waals surface area contributed by atoms with E-state index in [-0.39, 0.29) is 24.7 Å². The van der Waals surface area contributed by atoms with Gasteiger partial charge in [0, 0.05) is 25.4 Å². The molecule has 2 aromatic rings. The quantitative estimate of drug-likeness (QED) is 0.703. The van der Waals surface area contributed by atoms with Crippen molar-refractivity contribution in [2.24, 2.45) is 0 Å². The molecule has 0 spiro atoms. The molecule has 1 saturated heterocycles. The van der Waals surface area contributed by atoms with E-state index in [2.05, 4.69) is 10.2 Å². The summed E-state index contributed by atoms with van der Waals surface area (Å²) in [5.41, 5.74) is 2.37. The number of alkyl carbamates (subject to hydrolysis) is 1. The SMILES string of the molecule is CCO[C@@H]1CN(c2cccc(C(=O)OC)c2)CC[C@@H]1NC(=O)OCc1ccccc1. The van der Waals surface area contributed by atoms with Crippen molar-refractivity contribution < 1.29 is 23.8 Å². The summed E-state index contributed by atoms with van der Waals surface area (Å²) < 4.78 is 16.1. The Morgan fingerprint density at radius 2 is 1.93 bits per heavy atom. The molecule has 0 bridgehead atoms. The largest absolute Gasteiger partial charge is 0.465 e. The normalized spacial score (nSPS) is 18.5. The lowest BCUT2D eigenvalue weighted by atomic mass is 10.0. The number of rotatable bonds is 7. The van der Waals surface area contributed by atoms with Crippen LogP contribution in [0.25, 0.3) is 0 Å². The fourth-order valence-corrected chi connectivity index (χ4v) is 3.56. The Kier molecular flexibility index (Phi) is 7.68. The molecule has 1 heterocycles. The molecule has 2 atom stereocenters. The van der Waals surface area contributed by atoms with Gasteiger partial charge in [0.1, 0.15) is 6.61 Å². The third-order valence-corrected chi connectivity index (χ3v) is 5.09. The van der Waals surface area contributed by atoms with E-state index < -0.39 is 6.09 Å². The number of nitrogens with one attached hydrogen (secondary N) is 1. The Morgan fingerprint density at radius 1 is 1.13 bits per heavy atom. The third-order valence-electron chi connectivity index (χ3n) is 5.09. The minimum Gasteiger partial charge on any atom is -0.465 e. The van der Waals surface area contributed by atoms with Crippen molar-refractivity contribution in [1.82, 2.24) is 5.32 Å². The van der Waals surface area contributed by atoms with Crippen LogP contribution in [0.5, 0.6) is 0 Å². The number of hydrogen-bond acceptors (Lipinski definition) is 6. The average Bonchev–Trinajstić information content (AvgIpc) is 2.79. The van der Waals surface area contributed by atoms with Gasteiger partial charge in [-0.05, 0) is 37.1 Å². The molecule has 7 nitrogen and oxygen atoms in total. The van der Waals surface area contributed by atoms with Crippen LogP contribution in [0.15, 0.2) is 54.6 Å². The monoisotopic (exact) mass is 412 g/mol. The summed E-state index contributed by atoms with van der Waals surface area (Å²) in [6, 6.07) is 16.8. The number of benzene rings is 2. The van der Waals surface area contributed by atoms with Crippen molar-refractivity contribution in [3.63, 3.8) is 0 Å². The second-order valence-corrected chi connectivity index (χ2v) is 7.08. The van der Waals surface area contributed by atoms with Gasteiger partial charge >= 0.3 is 12.1 Å². The average molecular weight is 412 g/mol. The van der Waals surface area contributed by atoms with E-state index in [1.54, 1.807) is 6.07 Å². The first-order chi connectivity index (χ1) is 14.6. The van der Waals surface area contributed by atoms with Crippen LogP contribution < -0.4 is 10.2 Å². The number of amides is 1. The van der Waals surface area contributed by atoms with Crippen molar-refractivity contribution in [1.29, 1.82) is 0 Å². The van der Waals surface area contributed by atoms with Gasteiger partial charge in [0.15, 0.2) is 0 Å². The first-order valence-corrected chi connectivity index (χ1v) is 10.1. The smallest absolute Gasteiger partial charge is 0.407 e. The molecule has 0 aliphatic carbocycles. The number of hydrogen-bond donors (Lipinski definition) is 1. The predicted octanol–water partition coefficient (Wildman–Crippen LogP) is 3.38. The van der Waals surface area contributed by atoms with Crippen LogP contribution in [0.2, 0.25) is 0 Å². The molecular weight excluding hydrogens is 384 g/mol. The number of nitrogens with zero attached hydrogens (tertiary/aromatic N) is 1.